The summed E-state index contributed by atoms with van der Waals surface area (Å²) in [6.45, 7) is 0.376. The third kappa shape index (κ3) is 3.55. The zero-order valence-electron chi connectivity index (χ0n) is 15.5. The van der Waals surface area contributed by atoms with Crippen LogP contribution < -0.4 is 41.5 Å². The van der Waals surface area contributed by atoms with E-state index in [-0.39, 0.29) is 36.1 Å². The number of nitrogens with zero attached hydrogens (tertiary/aromatic N) is 2. The van der Waals surface area contributed by atoms with E-state index in [4.69, 9.17) is 19.9 Å². The van der Waals surface area contributed by atoms with E-state index in [2.05, 4.69) is 0 Å². The minimum Gasteiger partial charge on any atom is -1.00 e. The van der Waals surface area contributed by atoms with E-state index < -0.39 is 0 Å². The van der Waals surface area contributed by atoms with Crippen molar-refractivity contribution in [3.8, 4) is 28.5 Å². The molecule has 1 aliphatic heterocycles. The molecule has 1 aromatic heterocycles. The predicted octanol–water partition coefficient (Wildman–Crippen LogP) is -0.814. The van der Waals surface area contributed by atoms with Crippen molar-refractivity contribution in [2.45, 2.75) is 6.54 Å². The molecule has 1 aliphatic rings. The number of Topliss-reactive ketones (excluding diaryl/α,β-unsaturated/α-hetero) is 1. The van der Waals surface area contributed by atoms with E-state index in [1.165, 1.54) is 0 Å². The molecule has 0 saturated heterocycles. The number of hydrogen-bond acceptors (Lipinski definition) is 5. The number of aromatic nitrogens is 2. The molecule has 2 heterocycles. The number of rotatable bonds is 5. The summed E-state index contributed by atoms with van der Waals surface area (Å²) in [6.07, 6.45) is 1.87. The van der Waals surface area contributed by atoms with Crippen LogP contribution in [0.15, 0.2) is 48.7 Å². The highest BCUT2D eigenvalue weighted by molar-refractivity contribution is 5.95. The summed E-state index contributed by atoms with van der Waals surface area (Å²) >= 11 is 0. The molecule has 0 fully saturated rings. The smallest absolute Gasteiger partial charge is 0.355 e. The molecular formula is C20H20BrN3O4. The summed E-state index contributed by atoms with van der Waals surface area (Å²) in [6, 6.07) is 12.8. The van der Waals surface area contributed by atoms with Crippen LogP contribution in [-0.2, 0) is 13.6 Å². The van der Waals surface area contributed by atoms with E-state index in [0.717, 1.165) is 17.0 Å². The number of nitrogen functional groups attached to an aromatic ring is 1. The molecule has 8 heteroatoms. The van der Waals surface area contributed by atoms with Crippen LogP contribution in [0.1, 0.15) is 10.4 Å². The number of carbonyl (C=O) groups is 1. The fourth-order valence-corrected chi connectivity index (χ4v) is 3.09. The number of halogens is 1. The fourth-order valence-electron chi connectivity index (χ4n) is 3.09. The Balaban J connectivity index is 0.00000225. The van der Waals surface area contributed by atoms with Crippen LogP contribution >= 0.6 is 0 Å². The monoisotopic (exact) mass is 445 g/mol. The molecule has 0 amide bonds. The van der Waals surface area contributed by atoms with Gasteiger partial charge in [-0.25, -0.2) is 9.13 Å². The molecule has 28 heavy (non-hydrogen) atoms. The molecular weight excluding hydrogens is 426 g/mol. The fraction of sp³-hybridized carbons (Fsp3) is 0.200. The Labute approximate surface area is 173 Å². The third-order valence-corrected chi connectivity index (χ3v) is 4.67. The van der Waals surface area contributed by atoms with E-state index in [1.807, 2.05) is 36.0 Å². The zero-order valence-corrected chi connectivity index (χ0v) is 17.1. The summed E-state index contributed by atoms with van der Waals surface area (Å²) in [7, 11) is 3.46. The topological polar surface area (TPSA) is 79.6 Å². The lowest BCUT2D eigenvalue weighted by molar-refractivity contribution is -0.667. The SMILES string of the molecule is COc1ccc(C(=O)C[n+]2cc(-c3ccc4c(c3)OCO4)n(C)c2N)cc1.[Br-]. The first kappa shape index (κ1) is 19.8. The van der Waals surface area contributed by atoms with E-state index in [9.17, 15) is 4.79 Å². The molecule has 2 N–H and O–H groups in total. The van der Waals surface area contributed by atoms with Gasteiger partial charge in [0.1, 0.15) is 24.2 Å². The van der Waals surface area contributed by atoms with Gasteiger partial charge in [0.15, 0.2) is 17.3 Å². The summed E-state index contributed by atoms with van der Waals surface area (Å²) in [5, 5.41) is 0. The van der Waals surface area contributed by atoms with Crippen molar-refractivity contribution in [3.63, 3.8) is 0 Å². The Morgan fingerprint density at radius 2 is 1.89 bits per heavy atom. The summed E-state index contributed by atoms with van der Waals surface area (Å²) in [4.78, 5) is 12.6. The summed E-state index contributed by atoms with van der Waals surface area (Å²) in [5.74, 6) is 2.60. The van der Waals surface area contributed by atoms with Crippen molar-refractivity contribution in [1.29, 1.82) is 0 Å². The average molecular weight is 446 g/mol. The molecule has 0 saturated carbocycles. The Kier molecular flexibility index (Phi) is 5.60. The maximum atomic E-state index is 12.6. The lowest BCUT2D eigenvalue weighted by Gasteiger charge is -2.02. The first-order chi connectivity index (χ1) is 13.1. The number of ether oxygens (including phenoxy) is 3. The molecule has 7 nitrogen and oxygen atoms in total. The molecule has 0 aliphatic carbocycles. The van der Waals surface area contributed by atoms with Crippen LogP contribution in [0.3, 0.4) is 0 Å². The zero-order chi connectivity index (χ0) is 19.0. The van der Waals surface area contributed by atoms with Crippen molar-refractivity contribution in [2.24, 2.45) is 7.05 Å². The number of fused-ring (bicyclic) bond motifs is 1. The van der Waals surface area contributed by atoms with Gasteiger partial charge in [-0.3, -0.25) is 10.5 Å². The number of imidazole rings is 1. The van der Waals surface area contributed by atoms with Crippen LogP contribution in [-0.4, -0.2) is 24.3 Å². The summed E-state index contributed by atoms with van der Waals surface area (Å²) in [5.41, 5.74) is 8.65. The van der Waals surface area contributed by atoms with Gasteiger partial charge in [-0.2, -0.15) is 0 Å². The molecule has 2 aromatic carbocycles. The van der Waals surface area contributed by atoms with Crippen molar-refractivity contribution >= 4 is 11.7 Å². The van der Waals surface area contributed by atoms with E-state index in [1.54, 1.807) is 35.9 Å². The number of carbonyl (C=O) groups excluding carboxylic acids is 1. The van der Waals surface area contributed by atoms with Gasteiger partial charge in [-0.15, -0.1) is 0 Å². The second-order valence-corrected chi connectivity index (χ2v) is 6.28. The second kappa shape index (κ2) is 7.93. The second-order valence-electron chi connectivity index (χ2n) is 6.28. The minimum absolute atomic E-state index is 0. The molecule has 3 aromatic rings. The molecule has 0 spiro atoms. The Morgan fingerprint density at radius 3 is 2.61 bits per heavy atom. The first-order valence-corrected chi connectivity index (χ1v) is 8.48. The molecule has 0 atom stereocenters. The Hall–Kier alpha value is -3.00. The molecule has 4 rings (SSSR count). The number of benzene rings is 2. The maximum Gasteiger partial charge on any atom is 0.355 e. The van der Waals surface area contributed by atoms with E-state index in [0.29, 0.717) is 23.0 Å². The van der Waals surface area contributed by atoms with Gasteiger partial charge in [0.05, 0.1) is 14.2 Å². The summed E-state index contributed by atoms with van der Waals surface area (Å²) < 4.78 is 19.5. The molecule has 0 bridgehead atoms. The largest absolute Gasteiger partial charge is 1.00 e. The number of methoxy groups -OCH3 is 1. The van der Waals surface area contributed by atoms with Crippen LogP contribution in [0, 0.1) is 0 Å². The normalized spacial score (nSPS) is 11.8. The number of ketones is 1. The highest BCUT2D eigenvalue weighted by Crippen LogP contribution is 2.35. The van der Waals surface area contributed by atoms with Gasteiger partial charge in [0.25, 0.3) is 0 Å². The van der Waals surface area contributed by atoms with Crippen molar-refractivity contribution in [2.75, 3.05) is 19.6 Å². The van der Waals surface area contributed by atoms with Gasteiger partial charge in [0, 0.05) is 11.1 Å². The maximum absolute atomic E-state index is 12.6. The lowest BCUT2D eigenvalue weighted by Crippen LogP contribution is -3.00. The van der Waals surface area contributed by atoms with Crippen molar-refractivity contribution < 1.29 is 40.6 Å². The quantitative estimate of drug-likeness (QED) is 0.410. The standard InChI is InChI=1S/C20H19N3O4.BrH/c1-22-16(14-5-8-18-19(9-14)27-12-26-18)10-23(20(22)21)11-17(24)13-3-6-15(25-2)7-4-13;/h3-10,21H,11-12H2,1-2H3;1H. The first-order valence-electron chi connectivity index (χ1n) is 8.48. The Morgan fingerprint density at radius 1 is 1.18 bits per heavy atom. The van der Waals surface area contributed by atoms with Gasteiger partial charge in [0.2, 0.25) is 6.79 Å². The third-order valence-electron chi connectivity index (χ3n) is 4.67. The van der Waals surface area contributed by atoms with E-state index >= 15 is 0 Å². The van der Waals surface area contributed by atoms with Gasteiger partial charge < -0.3 is 31.2 Å². The van der Waals surface area contributed by atoms with Crippen LogP contribution in [0.25, 0.3) is 11.3 Å². The molecule has 0 unspecified atom stereocenters. The minimum atomic E-state index is -0.0304. The van der Waals surface area contributed by atoms with Crippen molar-refractivity contribution in [1.82, 2.24) is 4.57 Å². The molecule has 146 valence electrons. The highest BCUT2D eigenvalue weighted by Gasteiger charge is 2.22. The average Bonchev–Trinajstić information content (AvgIpc) is 3.27. The lowest BCUT2D eigenvalue weighted by atomic mass is 10.1. The highest BCUT2D eigenvalue weighted by atomic mass is 79.9. The number of hydrogen-bond donors (Lipinski definition) is 1. The van der Waals surface area contributed by atoms with Crippen LogP contribution in [0.5, 0.6) is 17.2 Å². The van der Waals surface area contributed by atoms with Crippen molar-refractivity contribution in [3.05, 3.63) is 54.2 Å². The van der Waals surface area contributed by atoms with Gasteiger partial charge in [-0.1, -0.05) is 0 Å². The number of anilines is 1. The van der Waals surface area contributed by atoms with Crippen LogP contribution in [0.4, 0.5) is 5.95 Å². The number of nitrogens with two attached hydrogens (primary N) is 1. The Bertz CT molecular complexity index is 1020. The van der Waals surface area contributed by atoms with Gasteiger partial charge in [-0.05, 0) is 42.5 Å². The predicted molar refractivity (Wildman–Crippen MR) is 98.9 cm³/mol. The van der Waals surface area contributed by atoms with Gasteiger partial charge >= 0.3 is 5.95 Å². The van der Waals surface area contributed by atoms with Crippen LogP contribution in [0.2, 0.25) is 0 Å². The molecule has 0 radical (unpaired) electrons.